The van der Waals surface area contributed by atoms with E-state index in [-0.39, 0.29) is 18.0 Å². The van der Waals surface area contributed by atoms with Crippen molar-refractivity contribution in [2.24, 2.45) is 0 Å². The molecule has 0 saturated carbocycles. The van der Waals surface area contributed by atoms with E-state index in [0.29, 0.717) is 11.5 Å². The Kier molecular flexibility index (Phi) is 8.40. The number of sulfonamides is 1. The van der Waals surface area contributed by atoms with E-state index in [1.54, 1.807) is 31.5 Å². The molecule has 160 valence electrons. The van der Waals surface area contributed by atoms with Crippen molar-refractivity contribution in [1.82, 2.24) is 9.79 Å². The maximum Gasteiger partial charge on any atom is 0.263 e. The highest BCUT2D eigenvalue weighted by molar-refractivity contribution is 8.00. The maximum absolute atomic E-state index is 13.2. The van der Waals surface area contributed by atoms with Gasteiger partial charge in [-0.25, -0.2) is 13.9 Å². The highest BCUT2D eigenvalue weighted by Gasteiger charge is 2.48. The average molecular weight is 441 g/mol. The summed E-state index contributed by atoms with van der Waals surface area (Å²) in [6.45, 7) is 6.11. The Bertz CT molecular complexity index is 857. The van der Waals surface area contributed by atoms with Crippen LogP contribution in [-0.2, 0) is 14.8 Å². The zero-order valence-corrected chi connectivity index (χ0v) is 18.6. The summed E-state index contributed by atoms with van der Waals surface area (Å²) in [6.07, 6.45) is 2.99. The summed E-state index contributed by atoms with van der Waals surface area (Å²) in [5, 5.41) is 9.10. The molecule has 1 fully saturated rings. The van der Waals surface area contributed by atoms with E-state index < -0.39 is 26.7 Å². The SMILES string of the molecule is CCCCC#CCOc1ccc(S(=O)(=O)N2CCSC(C)(C)C2C(=O)NO)cc1. The first kappa shape index (κ1) is 23.5. The number of nitrogens with one attached hydrogen (secondary N) is 1. The lowest BCUT2D eigenvalue weighted by atomic mass is 10.0. The third-order valence-electron chi connectivity index (χ3n) is 4.61. The normalized spacial score (nSPS) is 19.1. The summed E-state index contributed by atoms with van der Waals surface area (Å²) in [6, 6.07) is 5.04. The standard InChI is InChI=1S/C20H28N2O5S2/c1-4-5-6-7-8-14-27-16-9-11-17(12-10-16)29(25,26)22-13-15-28-20(2,3)18(22)19(23)21-24/h9-12,18,24H,4-6,13-15H2,1-3H3,(H,21,23). The molecule has 0 aliphatic carbocycles. The van der Waals surface area contributed by atoms with Crippen LogP contribution in [0.5, 0.6) is 5.75 Å². The molecule has 1 unspecified atom stereocenters. The number of carbonyl (C=O) groups excluding carboxylic acids is 1. The monoisotopic (exact) mass is 440 g/mol. The van der Waals surface area contributed by atoms with Crippen molar-refractivity contribution in [2.45, 2.75) is 55.7 Å². The Labute approximate surface area is 177 Å². The molecule has 0 bridgehead atoms. The van der Waals surface area contributed by atoms with E-state index in [0.717, 1.165) is 23.6 Å². The Morgan fingerprint density at radius 1 is 1.34 bits per heavy atom. The number of thioether (sulfide) groups is 1. The number of ether oxygens (including phenoxy) is 1. The summed E-state index contributed by atoms with van der Waals surface area (Å²) in [4.78, 5) is 12.3. The zero-order chi connectivity index (χ0) is 21.5. The maximum atomic E-state index is 13.2. The molecule has 1 aliphatic rings. The van der Waals surface area contributed by atoms with Gasteiger partial charge in [0, 0.05) is 23.5 Å². The number of benzene rings is 1. The minimum absolute atomic E-state index is 0.0670. The summed E-state index contributed by atoms with van der Waals surface area (Å²) < 4.78 is 32.3. The lowest BCUT2D eigenvalue weighted by Crippen LogP contribution is -2.61. The molecule has 29 heavy (non-hydrogen) atoms. The van der Waals surface area contributed by atoms with Crippen molar-refractivity contribution >= 4 is 27.7 Å². The fourth-order valence-electron chi connectivity index (χ4n) is 3.09. The van der Waals surface area contributed by atoms with Crippen LogP contribution < -0.4 is 10.2 Å². The summed E-state index contributed by atoms with van der Waals surface area (Å²) in [5.41, 5.74) is 1.60. The van der Waals surface area contributed by atoms with E-state index in [9.17, 15) is 13.2 Å². The second-order valence-corrected chi connectivity index (χ2v) is 10.8. The fourth-order valence-corrected chi connectivity index (χ4v) is 6.20. The molecule has 1 amide bonds. The van der Waals surface area contributed by atoms with Gasteiger partial charge >= 0.3 is 0 Å². The molecule has 0 spiro atoms. The van der Waals surface area contributed by atoms with E-state index in [1.807, 2.05) is 0 Å². The highest BCUT2D eigenvalue weighted by Crippen LogP contribution is 2.38. The smallest absolute Gasteiger partial charge is 0.263 e. The minimum atomic E-state index is -3.93. The molecular formula is C20H28N2O5S2. The molecule has 2 N–H and O–H groups in total. The van der Waals surface area contributed by atoms with Crippen molar-refractivity contribution in [3.63, 3.8) is 0 Å². The lowest BCUT2D eigenvalue weighted by Gasteiger charge is -2.43. The number of carbonyl (C=O) groups is 1. The molecule has 0 radical (unpaired) electrons. The van der Waals surface area contributed by atoms with Crippen LogP contribution in [0, 0.1) is 11.8 Å². The number of unbranched alkanes of at least 4 members (excludes halogenated alkanes) is 2. The Balaban J connectivity index is 2.15. The van der Waals surface area contributed by atoms with Gasteiger partial charge in [-0.2, -0.15) is 16.1 Å². The average Bonchev–Trinajstić information content (AvgIpc) is 2.69. The van der Waals surface area contributed by atoms with E-state index >= 15 is 0 Å². The number of hydrogen-bond acceptors (Lipinski definition) is 6. The zero-order valence-electron chi connectivity index (χ0n) is 17.0. The Morgan fingerprint density at radius 3 is 2.66 bits per heavy atom. The van der Waals surface area contributed by atoms with Crippen LogP contribution in [0.3, 0.4) is 0 Å². The van der Waals surface area contributed by atoms with E-state index in [2.05, 4.69) is 18.8 Å². The first-order valence-electron chi connectivity index (χ1n) is 9.52. The summed E-state index contributed by atoms with van der Waals surface area (Å²) in [5.74, 6) is 6.29. The van der Waals surface area contributed by atoms with Gasteiger partial charge in [-0.1, -0.05) is 25.2 Å². The molecule has 1 aromatic carbocycles. The lowest BCUT2D eigenvalue weighted by molar-refractivity contribution is -0.134. The fraction of sp³-hybridized carbons (Fsp3) is 0.550. The highest BCUT2D eigenvalue weighted by atomic mass is 32.2. The van der Waals surface area contributed by atoms with Crippen LogP contribution in [-0.4, -0.2) is 53.5 Å². The molecule has 7 nitrogen and oxygen atoms in total. The Hall–Kier alpha value is -1.73. The van der Waals surface area contributed by atoms with Gasteiger partial charge in [-0.15, -0.1) is 0 Å². The van der Waals surface area contributed by atoms with Crippen LogP contribution in [0.15, 0.2) is 29.2 Å². The Morgan fingerprint density at radius 2 is 2.03 bits per heavy atom. The van der Waals surface area contributed by atoms with Gasteiger partial charge in [0.25, 0.3) is 5.91 Å². The molecule has 1 atom stereocenters. The molecule has 9 heteroatoms. The van der Waals surface area contributed by atoms with Crippen molar-refractivity contribution < 1.29 is 23.2 Å². The van der Waals surface area contributed by atoms with Gasteiger partial charge in [0.1, 0.15) is 18.4 Å². The number of nitrogens with zero attached hydrogens (tertiary/aromatic N) is 1. The van der Waals surface area contributed by atoms with Crippen molar-refractivity contribution in [1.29, 1.82) is 0 Å². The van der Waals surface area contributed by atoms with Gasteiger partial charge in [-0.05, 0) is 44.5 Å². The van der Waals surface area contributed by atoms with Gasteiger partial charge in [0.05, 0.1) is 4.90 Å². The molecule has 1 saturated heterocycles. The predicted molar refractivity (Wildman–Crippen MR) is 113 cm³/mol. The molecule has 1 aliphatic heterocycles. The molecular weight excluding hydrogens is 412 g/mol. The first-order valence-corrected chi connectivity index (χ1v) is 11.9. The second kappa shape index (κ2) is 10.3. The van der Waals surface area contributed by atoms with E-state index in [4.69, 9.17) is 9.94 Å². The second-order valence-electron chi connectivity index (χ2n) is 7.16. The topological polar surface area (TPSA) is 95.9 Å². The third kappa shape index (κ3) is 5.89. The van der Waals surface area contributed by atoms with Crippen LogP contribution in [0.1, 0.15) is 40.0 Å². The largest absolute Gasteiger partial charge is 0.481 e. The number of amides is 1. The number of rotatable bonds is 7. The summed E-state index contributed by atoms with van der Waals surface area (Å²) >= 11 is 1.49. The molecule has 1 heterocycles. The molecule has 0 aromatic heterocycles. The predicted octanol–water partition coefficient (Wildman–Crippen LogP) is 2.65. The van der Waals surface area contributed by atoms with Gasteiger partial charge in [-0.3, -0.25) is 10.0 Å². The van der Waals surface area contributed by atoms with Crippen molar-refractivity contribution in [2.75, 3.05) is 18.9 Å². The van der Waals surface area contributed by atoms with Crippen molar-refractivity contribution in [3.8, 4) is 17.6 Å². The van der Waals surface area contributed by atoms with Crippen LogP contribution in [0.25, 0.3) is 0 Å². The summed E-state index contributed by atoms with van der Waals surface area (Å²) in [7, 11) is -3.93. The quantitative estimate of drug-likeness (QED) is 0.293. The minimum Gasteiger partial charge on any atom is -0.481 e. The van der Waals surface area contributed by atoms with E-state index in [1.165, 1.54) is 23.9 Å². The van der Waals surface area contributed by atoms with Crippen LogP contribution >= 0.6 is 11.8 Å². The van der Waals surface area contributed by atoms with Crippen LogP contribution in [0.2, 0.25) is 0 Å². The number of hydrogen-bond donors (Lipinski definition) is 2. The molecule has 2 rings (SSSR count). The van der Waals surface area contributed by atoms with Gasteiger partial charge < -0.3 is 4.74 Å². The van der Waals surface area contributed by atoms with Gasteiger partial charge in [0.15, 0.2) is 0 Å². The first-order chi connectivity index (χ1) is 13.7. The van der Waals surface area contributed by atoms with Crippen molar-refractivity contribution in [3.05, 3.63) is 24.3 Å². The van der Waals surface area contributed by atoms with Crippen LogP contribution in [0.4, 0.5) is 0 Å². The third-order valence-corrected chi connectivity index (χ3v) is 7.85. The molecule has 1 aromatic rings. The number of hydroxylamine groups is 1. The van der Waals surface area contributed by atoms with Gasteiger partial charge in [0.2, 0.25) is 10.0 Å².